The van der Waals surface area contributed by atoms with E-state index >= 15 is 0 Å². The van der Waals surface area contributed by atoms with Crippen molar-refractivity contribution < 1.29 is 22.3 Å². The van der Waals surface area contributed by atoms with E-state index in [1.54, 1.807) is 20.8 Å². The van der Waals surface area contributed by atoms with Crippen molar-refractivity contribution in [2.24, 2.45) is 0 Å². The van der Waals surface area contributed by atoms with Gasteiger partial charge in [0.2, 0.25) is 10.0 Å². The Labute approximate surface area is 113 Å². The SMILES string of the molecule is CC(C)(C)OC(=O)N[C@@H]1CCN(S(C)(=O)=O)C[C@@H]1F. The summed E-state index contributed by atoms with van der Waals surface area (Å²) in [4.78, 5) is 11.5. The molecule has 0 unspecified atom stereocenters. The van der Waals surface area contributed by atoms with Crippen molar-refractivity contribution in [1.82, 2.24) is 9.62 Å². The van der Waals surface area contributed by atoms with Crippen molar-refractivity contribution >= 4 is 16.1 Å². The summed E-state index contributed by atoms with van der Waals surface area (Å²) in [6.07, 6.45) is -0.849. The van der Waals surface area contributed by atoms with Crippen molar-refractivity contribution in [2.75, 3.05) is 19.3 Å². The van der Waals surface area contributed by atoms with E-state index in [0.29, 0.717) is 0 Å². The standard InChI is InChI=1S/C11H21FN2O4S/c1-11(2,3)18-10(15)13-9-5-6-14(7-8(9)12)19(4,16)17/h8-9H,5-7H2,1-4H3,(H,13,15)/t8-,9+/m0/s1. The average molecular weight is 296 g/mol. The van der Waals surface area contributed by atoms with Crippen molar-refractivity contribution in [3.05, 3.63) is 0 Å². The van der Waals surface area contributed by atoms with Crippen LogP contribution >= 0.6 is 0 Å². The Kier molecular flexibility index (Phi) is 4.78. The minimum absolute atomic E-state index is 0.194. The molecule has 112 valence electrons. The molecule has 0 aliphatic carbocycles. The van der Waals surface area contributed by atoms with E-state index in [-0.39, 0.29) is 19.5 Å². The second-order valence-corrected chi connectivity index (χ2v) is 7.66. The van der Waals surface area contributed by atoms with Crippen LogP contribution in [0.2, 0.25) is 0 Å². The summed E-state index contributed by atoms with van der Waals surface area (Å²) in [5.74, 6) is 0. The van der Waals surface area contributed by atoms with E-state index in [1.807, 2.05) is 0 Å². The second-order valence-electron chi connectivity index (χ2n) is 5.68. The molecule has 0 bridgehead atoms. The molecule has 1 fully saturated rings. The van der Waals surface area contributed by atoms with E-state index in [9.17, 15) is 17.6 Å². The molecule has 1 heterocycles. The Hall–Kier alpha value is -0.890. The van der Waals surface area contributed by atoms with Gasteiger partial charge in [0.25, 0.3) is 0 Å². The minimum Gasteiger partial charge on any atom is -0.444 e. The summed E-state index contributed by atoms with van der Waals surface area (Å²) >= 11 is 0. The minimum atomic E-state index is -3.39. The fraction of sp³-hybridized carbons (Fsp3) is 0.909. The third-order valence-corrected chi connectivity index (χ3v) is 3.94. The van der Waals surface area contributed by atoms with Crippen molar-refractivity contribution in [1.29, 1.82) is 0 Å². The number of hydrogen-bond donors (Lipinski definition) is 1. The van der Waals surface area contributed by atoms with Gasteiger partial charge in [0.05, 0.1) is 12.3 Å². The Bertz CT molecular complexity index is 432. The molecule has 0 aromatic rings. The van der Waals surface area contributed by atoms with Crippen LogP contribution in [0.25, 0.3) is 0 Å². The number of nitrogens with zero attached hydrogens (tertiary/aromatic N) is 1. The number of nitrogens with one attached hydrogen (secondary N) is 1. The molecular formula is C11H21FN2O4S. The maximum atomic E-state index is 13.8. The first-order chi connectivity index (χ1) is 8.49. The van der Waals surface area contributed by atoms with E-state index in [4.69, 9.17) is 4.74 Å². The maximum Gasteiger partial charge on any atom is 0.407 e. The predicted octanol–water partition coefficient (Wildman–Crippen LogP) is 0.883. The third-order valence-electron chi connectivity index (χ3n) is 2.68. The lowest BCUT2D eigenvalue weighted by Crippen LogP contribution is -2.54. The van der Waals surface area contributed by atoms with E-state index < -0.39 is 33.9 Å². The van der Waals surface area contributed by atoms with Gasteiger partial charge in [-0.05, 0) is 27.2 Å². The third kappa shape index (κ3) is 5.32. The molecule has 2 atom stereocenters. The topological polar surface area (TPSA) is 75.7 Å². The zero-order chi connectivity index (χ0) is 14.8. The van der Waals surface area contributed by atoms with Crippen LogP contribution in [0.5, 0.6) is 0 Å². The highest BCUT2D eigenvalue weighted by Gasteiger charge is 2.34. The van der Waals surface area contributed by atoms with Crippen molar-refractivity contribution in [3.63, 3.8) is 0 Å². The molecule has 0 spiro atoms. The lowest BCUT2D eigenvalue weighted by molar-refractivity contribution is 0.0438. The van der Waals surface area contributed by atoms with Crippen LogP contribution in [0.4, 0.5) is 9.18 Å². The van der Waals surface area contributed by atoms with Crippen molar-refractivity contribution in [3.8, 4) is 0 Å². The molecule has 1 rings (SSSR count). The number of ether oxygens (including phenoxy) is 1. The lowest BCUT2D eigenvalue weighted by Gasteiger charge is -2.33. The molecule has 6 nitrogen and oxygen atoms in total. The van der Waals surface area contributed by atoms with Gasteiger partial charge in [-0.2, -0.15) is 4.31 Å². The van der Waals surface area contributed by atoms with Gasteiger partial charge in [0.15, 0.2) is 0 Å². The van der Waals surface area contributed by atoms with Gasteiger partial charge in [-0.1, -0.05) is 0 Å². The monoisotopic (exact) mass is 296 g/mol. The van der Waals surface area contributed by atoms with E-state index in [0.717, 1.165) is 10.6 Å². The number of sulfonamides is 1. The molecule has 1 amide bonds. The van der Waals surface area contributed by atoms with E-state index in [2.05, 4.69) is 5.32 Å². The average Bonchev–Trinajstić information content (AvgIpc) is 2.16. The first kappa shape index (κ1) is 16.2. The smallest absolute Gasteiger partial charge is 0.407 e. The number of alkyl halides is 1. The van der Waals surface area contributed by atoms with Crippen LogP contribution in [-0.4, -0.2) is 56.0 Å². The molecule has 8 heteroatoms. The highest BCUT2D eigenvalue weighted by Crippen LogP contribution is 2.17. The van der Waals surface area contributed by atoms with Crippen LogP contribution in [0.1, 0.15) is 27.2 Å². The van der Waals surface area contributed by atoms with Crippen LogP contribution in [0, 0.1) is 0 Å². The number of halogens is 1. The van der Waals surface area contributed by atoms with Gasteiger partial charge in [-0.25, -0.2) is 17.6 Å². The number of amides is 1. The number of piperidine rings is 1. The zero-order valence-electron chi connectivity index (χ0n) is 11.6. The van der Waals surface area contributed by atoms with Gasteiger partial charge in [-0.3, -0.25) is 0 Å². The predicted molar refractivity (Wildman–Crippen MR) is 69.1 cm³/mol. The summed E-state index contributed by atoms with van der Waals surface area (Å²) in [7, 11) is -3.39. The number of rotatable bonds is 2. The molecule has 0 aromatic heterocycles. The zero-order valence-corrected chi connectivity index (χ0v) is 12.5. The van der Waals surface area contributed by atoms with Crippen molar-refractivity contribution in [2.45, 2.75) is 45.0 Å². The fourth-order valence-electron chi connectivity index (χ4n) is 1.80. The normalized spacial score (nSPS) is 25.9. The molecule has 1 saturated heterocycles. The maximum absolute atomic E-state index is 13.8. The van der Waals surface area contributed by atoms with Gasteiger partial charge in [0.1, 0.15) is 11.8 Å². The van der Waals surface area contributed by atoms with Crippen LogP contribution in [-0.2, 0) is 14.8 Å². The first-order valence-corrected chi connectivity index (χ1v) is 7.92. The molecule has 1 aliphatic rings. The summed E-state index contributed by atoms with van der Waals surface area (Å²) < 4.78 is 42.5. The number of carbonyl (C=O) groups excluding carboxylic acids is 1. The summed E-state index contributed by atoms with van der Waals surface area (Å²) in [6, 6.07) is -0.715. The van der Waals surface area contributed by atoms with Gasteiger partial charge < -0.3 is 10.1 Å². The molecule has 1 aliphatic heterocycles. The highest BCUT2D eigenvalue weighted by molar-refractivity contribution is 7.88. The Morgan fingerprint density at radius 3 is 2.42 bits per heavy atom. The molecule has 0 saturated carbocycles. The van der Waals surface area contributed by atoms with Gasteiger partial charge in [0, 0.05) is 13.1 Å². The highest BCUT2D eigenvalue weighted by atomic mass is 32.2. The second kappa shape index (κ2) is 5.62. The first-order valence-electron chi connectivity index (χ1n) is 6.08. The Morgan fingerprint density at radius 2 is 2.00 bits per heavy atom. The fourth-order valence-corrected chi connectivity index (χ4v) is 2.65. The lowest BCUT2D eigenvalue weighted by atomic mass is 10.1. The molecule has 0 aromatic carbocycles. The molecule has 19 heavy (non-hydrogen) atoms. The van der Waals surface area contributed by atoms with Crippen LogP contribution < -0.4 is 5.32 Å². The van der Waals surface area contributed by atoms with Gasteiger partial charge in [-0.15, -0.1) is 0 Å². The Balaban J connectivity index is 2.53. The largest absolute Gasteiger partial charge is 0.444 e. The molecule has 0 radical (unpaired) electrons. The number of hydrogen-bond acceptors (Lipinski definition) is 4. The summed E-state index contributed by atoms with van der Waals surface area (Å²) in [5.41, 5.74) is -0.649. The molecular weight excluding hydrogens is 275 g/mol. The van der Waals surface area contributed by atoms with Gasteiger partial charge >= 0.3 is 6.09 Å². The van der Waals surface area contributed by atoms with Crippen LogP contribution in [0.3, 0.4) is 0 Å². The molecule has 1 N–H and O–H groups in total. The summed E-state index contributed by atoms with van der Waals surface area (Å²) in [6.45, 7) is 5.10. The number of carbonyl (C=O) groups is 1. The van der Waals surface area contributed by atoms with Crippen LogP contribution in [0.15, 0.2) is 0 Å². The number of alkyl carbamates (subject to hydrolysis) is 1. The van der Waals surface area contributed by atoms with E-state index in [1.165, 1.54) is 0 Å². The Morgan fingerprint density at radius 1 is 1.42 bits per heavy atom. The summed E-state index contributed by atoms with van der Waals surface area (Å²) in [5, 5.41) is 2.44. The quantitative estimate of drug-likeness (QED) is 0.821.